The zero-order valence-electron chi connectivity index (χ0n) is 11.5. The van der Waals surface area contributed by atoms with E-state index in [1.807, 2.05) is 48.6 Å². The third-order valence-corrected chi connectivity index (χ3v) is 3.05. The SMILES string of the molecule is O=[N+]([O-])c1ccc(/C=C/C=C/c2ccc3ccccc3n2)o1. The molecule has 0 N–H and O–H groups in total. The van der Waals surface area contributed by atoms with E-state index >= 15 is 0 Å². The van der Waals surface area contributed by atoms with Crippen LogP contribution in [0.25, 0.3) is 23.1 Å². The number of allylic oxidation sites excluding steroid dienone is 2. The molecule has 0 saturated heterocycles. The molecule has 0 unspecified atom stereocenters. The van der Waals surface area contributed by atoms with Gasteiger partial charge in [0.2, 0.25) is 0 Å². The lowest BCUT2D eigenvalue weighted by atomic mass is 10.2. The van der Waals surface area contributed by atoms with Crippen molar-refractivity contribution < 1.29 is 9.34 Å². The first-order valence-electron chi connectivity index (χ1n) is 6.67. The van der Waals surface area contributed by atoms with Gasteiger partial charge in [0, 0.05) is 5.39 Å². The minimum Gasteiger partial charge on any atom is -0.401 e. The van der Waals surface area contributed by atoms with E-state index in [1.165, 1.54) is 6.07 Å². The molecule has 0 radical (unpaired) electrons. The second kappa shape index (κ2) is 6.05. The Morgan fingerprint density at radius 2 is 1.82 bits per heavy atom. The Labute approximate surface area is 126 Å². The minimum absolute atomic E-state index is 0.264. The molecular formula is C17H12N2O3. The number of hydrogen-bond donors (Lipinski definition) is 0. The predicted octanol–water partition coefficient (Wildman–Crippen LogP) is 4.46. The van der Waals surface area contributed by atoms with Crippen LogP contribution in [0.3, 0.4) is 0 Å². The molecule has 0 fully saturated rings. The molecule has 1 aromatic carbocycles. The van der Waals surface area contributed by atoms with Crippen LogP contribution in [0.2, 0.25) is 0 Å². The largest absolute Gasteiger partial charge is 0.433 e. The molecule has 5 heteroatoms. The number of rotatable bonds is 4. The van der Waals surface area contributed by atoms with Crippen molar-refractivity contribution in [2.24, 2.45) is 0 Å². The molecule has 2 heterocycles. The summed E-state index contributed by atoms with van der Waals surface area (Å²) in [6.07, 6.45) is 7.08. The second-order valence-electron chi connectivity index (χ2n) is 4.58. The summed E-state index contributed by atoms with van der Waals surface area (Å²) in [7, 11) is 0. The first-order chi connectivity index (χ1) is 10.7. The molecule has 0 atom stereocenters. The molecule has 0 aliphatic rings. The normalized spacial score (nSPS) is 11.6. The highest BCUT2D eigenvalue weighted by Crippen LogP contribution is 2.17. The molecule has 0 saturated carbocycles. The monoisotopic (exact) mass is 292 g/mol. The molecule has 3 rings (SSSR count). The average Bonchev–Trinajstić information content (AvgIpc) is 3.00. The summed E-state index contributed by atoms with van der Waals surface area (Å²) in [4.78, 5) is 14.5. The Kier molecular flexibility index (Phi) is 3.78. The Balaban J connectivity index is 1.72. The van der Waals surface area contributed by atoms with Crippen LogP contribution in [0.5, 0.6) is 0 Å². The van der Waals surface area contributed by atoms with Gasteiger partial charge in [-0.05, 0) is 30.4 Å². The summed E-state index contributed by atoms with van der Waals surface area (Å²) >= 11 is 0. The molecule has 2 aromatic heterocycles. The average molecular weight is 292 g/mol. The summed E-state index contributed by atoms with van der Waals surface area (Å²) < 4.78 is 5.02. The predicted molar refractivity (Wildman–Crippen MR) is 85.2 cm³/mol. The molecule has 22 heavy (non-hydrogen) atoms. The van der Waals surface area contributed by atoms with E-state index < -0.39 is 4.92 Å². The van der Waals surface area contributed by atoms with Gasteiger partial charge in [0.15, 0.2) is 0 Å². The van der Waals surface area contributed by atoms with Crippen LogP contribution < -0.4 is 0 Å². The van der Waals surface area contributed by atoms with Crippen LogP contribution >= 0.6 is 0 Å². The van der Waals surface area contributed by atoms with Crippen molar-refractivity contribution in [1.82, 2.24) is 4.98 Å². The zero-order chi connectivity index (χ0) is 15.4. The maximum Gasteiger partial charge on any atom is 0.433 e. The van der Waals surface area contributed by atoms with Crippen LogP contribution in [-0.4, -0.2) is 9.91 Å². The van der Waals surface area contributed by atoms with Crippen molar-refractivity contribution in [1.29, 1.82) is 0 Å². The number of nitro groups is 1. The van der Waals surface area contributed by atoms with Gasteiger partial charge in [-0.2, -0.15) is 0 Å². The number of furan rings is 1. The van der Waals surface area contributed by atoms with Crippen LogP contribution in [0, 0.1) is 10.1 Å². The van der Waals surface area contributed by atoms with Gasteiger partial charge in [-0.25, -0.2) is 4.98 Å². The maximum atomic E-state index is 10.5. The molecule has 0 bridgehead atoms. The molecule has 3 aromatic rings. The Morgan fingerprint density at radius 1 is 1.00 bits per heavy atom. The molecule has 0 aliphatic heterocycles. The second-order valence-corrected chi connectivity index (χ2v) is 4.58. The first kappa shape index (κ1) is 13.8. The fourth-order valence-electron chi connectivity index (χ4n) is 2.01. The van der Waals surface area contributed by atoms with Crippen molar-refractivity contribution in [3.63, 3.8) is 0 Å². The van der Waals surface area contributed by atoms with Gasteiger partial charge in [0.05, 0.1) is 17.3 Å². The Bertz CT molecular complexity index is 878. The molecular weight excluding hydrogens is 280 g/mol. The molecule has 0 amide bonds. The highest BCUT2D eigenvalue weighted by Gasteiger charge is 2.09. The number of pyridine rings is 1. The number of benzene rings is 1. The van der Waals surface area contributed by atoms with Gasteiger partial charge < -0.3 is 4.42 Å². The van der Waals surface area contributed by atoms with Crippen LogP contribution in [-0.2, 0) is 0 Å². The molecule has 0 aliphatic carbocycles. The third-order valence-electron chi connectivity index (χ3n) is 3.05. The van der Waals surface area contributed by atoms with Gasteiger partial charge >= 0.3 is 5.88 Å². The standard InChI is InChI=1S/C17H12N2O3/c20-19(21)17-12-11-15(22-17)7-3-2-6-14-10-9-13-5-1-4-8-16(13)18-14/h1-12H/b6-2+,7-3+. The van der Waals surface area contributed by atoms with Gasteiger partial charge in [0.25, 0.3) is 0 Å². The van der Waals surface area contributed by atoms with Crippen molar-refractivity contribution in [3.8, 4) is 0 Å². The fraction of sp³-hybridized carbons (Fsp3) is 0. The van der Waals surface area contributed by atoms with E-state index in [2.05, 4.69) is 4.98 Å². The number of hydrogen-bond acceptors (Lipinski definition) is 4. The van der Waals surface area contributed by atoms with Crippen molar-refractivity contribution in [2.45, 2.75) is 0 Å². The Hall–Kier alpha value is -3.21. The third kappa shape index (κ3) is 3.09. The summed E-state index contributed by atoms with van der Waals surface area (Å²) in [5.41, 5.74) is 1.78. The van der Waals surface area contributed by atoms with Crippen molar-refractivity contribution >= 4 is 28.9 Å². The highest BCUT2D eigenvalue weighted by molar-refractivity contribution is 5.79. The van der Waals surface area contributed by atoms with E-state index in [0.29, 0.717) is 5.76 Å². The topological polar surface area (TPSA) is 69.2 Å². The lowest BCUT2D eigenvalue weighted by Crippen LogP contribution is -1.82. The van der Waals surface area contributed by atoms with Crippen molar-refractivity contribution in [2.75, 3.05) is 0 Å². The fourth-order valence-corrected chi connectivity index (χ4v) is 2.01. The minimum atomic E-state index is -0.563. The number of nitrogens with zero attached hydrogens (tertiary/aromatic N) is 2. The van der Waals surface area contributed by atoms with Gasteiger partial charge in [-0.15, -0.1) is 0 Å². The van der Waals surface area contributed by atoms with Crippen molar-refractivity contribution in [3.05, 3.63) is 82.3 Å². The Morgan fingerprint density at radius 3 is 2.64 bits per heavy atom. The summed E-state index contributed by atoms with van der Waals surface area (Å²) in [5.74, 6) is 0.169. The smallest absolute Gasteiger partial charge is 0.401 e. The number of aromatic nitrogens is 1. The van der Waals surface area contributed by atoms with Gasteiger partial charge in [-0.1, -0.05) is 36.4 Å². The molecule has 0 spiro atoms. The molecule has 108 valence electrons. The van der Waals surface area contributed by atoms with E-state index in [-0.39, 0.29) is 5.88 Å². The van der Waals surface area contributed by atoms with Crippen LogP contribution in [0.1, 0.15) is 11.5 Å². The van der Waals surface area contributed by atoms with Crippen LogP contribution in [0.15, 0.2) is 65.1 Å². The lowest BCUT2D eigenvalue weighted by molar-refractivity contribution is -0.402. The van der Waals surface area contributed by atoms with Gasteiger partial charge in [0.1, 0.15) is 10.7 Å². The summed E-state index contributed by atoms with van der Waals surface area (Å²) in [5, 5.41) is 11.6. The number of para-hydroxylation sites is 1. The van der Waals surface area contributed by atoms with Gasteiger partial charge in [-0.3, -0.25) is 10.1 Å². The maximum absolute atomic E-state index is 10.5. The van der Waals surface area contributed by atoms with E-state index in [9.17, 15) is 10.1 Å². The molecule has 5 nitrogen and oxygen atoms in total. The number of fused-ring (bicyclic) bond motifs is 1. The van der Waals surface area contributed by atoms with Crippen LogP contribution in [0.4, 0.5) is 5.88 Å². The highest BCUT2D eigenvalue weighted by atomic mass is 16.6. The first-order valence-corrected chi connectivity index (χ1v) is 6.67. The van der Waals surface area contributed by atoms with E-state index in [0.717, 1.165) is 16.6 Å². The van der Waals surface area contributed by atoms with E-state index in [4.69, 9.17) is 4.42 Å². The summed E-state index contributed by atoms with van der Waals surface area (Å²) in [6.45, 7) is 0. The lowest BCUT2D eigenvalue weighted by Gasteiger charge is -1.97. The van der Waals surface area contributed by atoms with E-state index in [1.54, 1.807) is 18.2 Å². The summed E-state index contributed by atoms with van der Waals surface area (Å²) in [6, 6.07) is 14.7. The quantitative estimate of drug-likeness (QED) is 0.404. The zero-order valence-corrected chi connectivity index (χ0v) is 11.5.